The highest BCUT2D eigenvalue weighted by Gasteiger charge is 2.35. The number of ether oxygens (including phenoxy) is 1. The van der Waals surface area contributed by atoms with E-state index in [1.807, 2.05) is 31.2 Å². The van der Waals surface area contributed by atoms with E-state index in [-0.39, 0.29) is 6.10 Å². The lowest BCUT2D eigenvalue weighted by molar-refractivity contribution is -0.136. The minimum absolute atomic E-state index is 0.388. The molecule has 1 heterocycles. The van der Waals surface area contributed by atoms with Gasteiger partial charge in [-0.3, -0.25) is 4.79 Å². The topological polar surface area (TPSA) is 64.3 Å². The van der Waals surface area contributed by atoms with Crippen molar-refractivity contribution < 1.29 is 18.3 Å². The second-order valence-electron chi connectivity index (χ2n) is 5.73. The molecule has 4 nitrogen and oxygen atoms in total. The quantitative estimate of drug-likeness (QED) is 0.876. The smallest absolute Gasteiger partial charge is 0.277 e. The Morgan fingerprint density at radius 2 is 2.09 bits per heavy atom. The molecule has 0 bridgehead atoms. The largest absolute Gasteiger partial charge is 0.373 e. The third-order valence-corrected chi connectivity index (χ3v) is 3.88. The summed E-state index contributed by atoms with van der Waals surface area (Å²) in [5, 5.41) is 2.31. The summed E-state index contributed by atoms with van der Waals surface area (Å²) in [5.41, 5.74) is 6.99. The van der Waals surface area contributed by atoms with Crippen molar-refractivity contribution in [3.8, 4) is 0 Å². The standard InChI is InChI=1S/C16H22F2N2O2/c1-11-4-6-12(7-5-11)14-13(3-2-8-22-14)15(21)20-10-16(17,18)9-19/h4-7,13-14H,2-3,8-10,19H2,1H3,(H,20,21). The zero-order valence-electron chi connectivity index (χ0n) is 12.6. The van der Waals surface area contributed by atoms with E-state index in [1.165, 1.54) is 0 Å². The number of amides is 1. The van der Waals surface area contributed by atoms with E-state index in [4.69, 9.17) is 10.5 Å². The fourth-order valence-corrected chi connectivity index (χ4v) is 2.55. The Bertz CT molecular complexity index is 505. The first kappa shape index (κ1) is 16.8. The van der Waals surface area contributed by atoms with Crippen molar-refractivity contribution in [1.29, 1.82) is 0 Å². The molecule has 0 radical (unpaired) electrons. The van der Waals surface area contributed by atoms with Gasteiger partial charge in [0.25, 0.3) is 5.92 Å². The summed E-state index contributed by atoms with van der Waals surface area (Å²) in [4.78, 5) is 12.2. The number of rotatable bonds is 5. The summed E-state index contributed by atoms with van der Waals surface area (Å²) in [6, 6.07) is 7.73. The number of benzene rings is 1. The van der Waals surface area contributed by atoms with Crippen molar-refractivity contribution in [2.24, 2.45) is 11.7 Å². The average molecular weight is 312 g/mol. The van der Waals surface area contributed by atoms with Gasteiger partial charge in [0.1, 0.15) is 0 Å². The van der Waals surface area contributed by atoms with Gasteiger partial charge in [0.15, 0.2) is 0 Å². The molecule has 1 aliphatic heterocycles. The van der Waals surface area contributed by atoms with Crippen molar-refractivity contribution in [1.82, 2.24) is 5.32 Å². The van der Waals surface area contributed by atoms with Crippen molar-refractivity contribution in [3.63, 3.8) is 0 Å². The molecule has 1 aliphatic rings. The maximum Gasteiger partial charge on any atom is 0.277 e. The van der Waals surface area contributed by atoms with Gasteiger partial charge in [-0.2, -0.15) is 0 Å². The summed E-state index contributed by atoms with van der Waals surface area (Å²) < 4.78 is 32.1. The van der Waals surface area contributed by atoms with Crippen LogP contribution in [-0.2, 0) is 9.53 Å². The zero-order valence-corrected chi connectivity index (χ0v) is 12.6. The van der Waals surface area contributed by atoms with Crippen molar-refractivity contribution in [3.05, 3.63) is 35.4 Å². The fourth-order valence-electron chi connectivity index (χ4n) is 2.55. The molecule has 3 N–H and O–H groups in total. The summed E-state index contributed by atoms with van der Waals surface area (Å²) in [7, 11) is 0. The first-order valence-corrected chi connectivity index (χ1v) is 7.47. The predicted octanol–water partition coefficient (Wildman–Crippen LogP) is 2.17. The number of halogens is 2. The Labute approximate surface area is 129 Å². The van der Waals surface area contributed by atoms with E-state index in [2.05, 4.69) is 5.32 Å². The Morgan fingerprint density at radius 1 is 1.41 bits per heavy atom. The third-order valence-electron chi connectivity index (χ3n) is 3.88. The number of nitrogens with one attached hydrogen (secondary N) is 1. The van der Waals surface area contributed by atoms with Gasteiger partial charge in [-0.25, -0.2) is 8.78 Å². The molecule has 22 heavy (non-hydrogen) atoms. The number of hydrogen-bond acceptors (Lipinski definition) is 3. The van der Waals surface area contributed by atoms with Gasteiger partial charge in [0.05, 0.1) is 25.1 Å². The van der Waals surface area contributed by atoms with E-state index in [1.54, 1.807) is 0 Å². The number of aryl methyl sites for hydroxylation is 1. The van der Waals surface area contributed by atoms with E-state index in [0.717, 1.165) is 17.5 Å². The molecule has 122 valence electrons. The molecule has 2 atom stereocenters. The van der Waals surface area contributed by atoms with Crippen molar-refractivity contribution in [2.45, 2.75) is 31.8 Å². The normalized spacial score (nSPS) is 22.4. The van der Waals surface area contributed by atoms with Crippen molar-refractivity contribution in [2.75, 3.05) is 19.7 Å². The second kappa shape index (κ2) is 7.15. The van der Waals surface area contributed by atoms with E-state index < -0.39 is 30.8 Å². The monoisotopic (exact) mass is 312 g/mol. The maximum atomic E-state index is 13.2. The SMILES string of the molecule is Cc1ccc(C2OCCCC2C(=O)NCC(F)(F)CN)cc1. The minimum atomic E-state index is -3.08. The lowest BCUT2D eigenvalue weighted by atomic mass is 9.88. The number of hydrogen-bond donors (Lipinski definition) is 2. The third kappa shape index (κ3) is 4.24. The predicted molar refractivity (Wildman–Crippen MR) is 79.6 cm³/mol. The van der Waals surface area contributed by atoms with Gasteiger partial charge < -0.3 is 15.8 Å². The van der Waals surface area contributed by atoms with E-state index in [0.29, 0.717) is 13.0 Å². The van der Waals surface area contributed by atoms with Crippen LogP contribution >= 0.6 is 0 Å². The molecule has 0 aliphatic carbocycles. The molecule has 1 amide bonds. The number of nitrogens with two attached hydrogens (primary N) is 1. The van der Waals surface area contributed by atoms with Crippen LogP contribution < -0.4 is 11.1 Å². The molecule has 6 heteroatoms. The van der Waals surface area contributed by atoms with Crippen LogP contribution in [0.15, 0.2) is 24.3 Å². The van der Waals surface area contributed by atoms with Crippen LogP contribution in [0.1, 0.15) is 30.1 Å². The maximum absolute atomic E-state index is 13.2. The highest BCUT2D eigenvalue weighted by molar-refractivity contribution is 5.79. The van der Waals surface area contributed by atoms with Crippen LogP contribution in [0, 0.1) is 12.8 Å². The van der Waals surface area contributed by atoms with Gasteiger partial charge in [-0.15, -0.1) is 0 Å². The van der Waals surface area contributed by atoms with Crippen molar-refractivity contribution >= 4 is 5.91 Å². The van der Waals surface area contributed by atoms with E-state index >= 15 is 0 Å². The summed E-state index contributed by atoms with van der Waals surface area (Å²) in [6.07, 6.45) is 0.979. The molecule has 0 spiro atoms. The van der Waals surface area contributed by atoms with Gasteiger partial charge in [0, 0.05) is 6.61 Å². The molecular formula is C16H22F2N2O2. The minimum Gasteiger partial charge on any atom is -0.373 e. The first-order chi connectivity index (χ1) is 10.4. The molecule has 0 aromatic heterocycles. The molecular weight excluding hydrogens is 290 g/mol. The Morgan fingerprint density at radius 3 is 2.73 bits per heavy atom. The highest BCUT2D eigenvalue weighted by atomic mass is 19.3. The molecule has 2 rings (SSSR count). The van der Waals surface area contributed by atoms with Gasteiger partial charge >= 0.3 is 0 Å². The number of carbonyl (C=O) groups is 1. The summed E-state index contributed by atoms with van der Waals surface area (Å²) in [5.74, 6) is -3.94. The van der Waals surface area contributed by atoms with Crippen LogP contribution in [0.25, 0.3) is 0 Å². The second-order valence-corrected chi connectivity index (χ2v) is 5.73. The number of alkyl halides is 2. The van der Waals surface area contributed by atoms with Crippen LogP contribution in [0.3, 0.4) is 0 Å². The van der Waals surface area contributed by atoms with Crippen LogP contribution in [0.2, 0.25) is 0 Å². The van der Waals surface area contributed by atoms with Crippen LogP contribution in [0.4, 0.5) is 8.78 Å². The summed E-state index contributed by atoms with van der Waals surface area (Å²) in [6.45, 7) is 1.03. The molecule has 2 unspecified atom stereocenters. The van der Waals surface area contributed by atoms with Gasteiger partial charge in [0.2, 0.25) is 5.91 Å². The average Bonchev–Trinajstić information content (AvgIpc) is 2.53. The molecule has 1 aromatic rings. The van der Waals surface area contributed by atoms with E-state index in [9.17, 15) is 13.6 Å². The van der Waals surface area contributed by atoms with Crippen LogP contribution in [-0.4, -0.2) is 31.5 Å². The van der Waals surface area contributed by atoms with Gasteiger partial charge in [-0.05, 0) is 25.3 Å². The fraction of sp³-hybridized carbons (Fsp3) is 0.562. The Hall–Kier alpha value is -1.53. The molecule has 0 saturated carbocycles. The first-order valence-electron chi connectivity index (χ1n) is 7.47. The highest BCUT2D eigenvalue weighted by Crippen LogP contribution is 2.34. The van der Waals surface area contributed by atoms with Crippen LogP contribution in [0.5, 0.6) is 0 Å². The molecule has 1 saturated heterocycles. The van der Waals surface area contributed by atoms with Gasteiger partial charge in [-0.1, -0.05) is 29.8 Å². The lowest BCUT2D eigenvalue weighted by Crippen LogP contribution is -2.45. The Balaban J connectivity index is 2.06. The molecule has 1 aromatic carbocycles. The molecule has 1 fully saturated rings. The zero-order chi connectivity index (χ0) is 16.2. The lowest BCUT2D eigenvalue weighted by Gasteiger charge is -2.31. The number of carbonyl (C=O) groups excluding carboxylic acids is 1. The summed E-state index contributed by atoms with van der Waals surface area (Å²) >= 11 is 0. The Kier molecular flexibility index (Phi) is 5.47.